The largest absolute Gasteiger partial charge is 0.358 e. The van der Waals surface area contributed by atoms with E-state index >= 15 is 0 Å². The van der Waals surface area contributed by atoms with Crippen LogP contribution in [0, 0.1) is 6.92 Å². The van der Waals surface area contributed by atoms with Gasteiger partial charge in [-0.1, -0.05) is 18.2 Å². The molecule has 0 bridgehead atoms. The van der Waals surface area contributed by atoms with Crippen LogP contribution in [0.15, 0.2) is 24.3 Å². The van der Waals surface area contributed by atoms with Crippen molar-refractivity contribution >= 4 is 16.8 Å². The summed E-state index contributed by atoms with van der Waals surface area (Å²) >= 11 is 0. The lowest BCUT2D eigenvalue weighted by atomic mass is 10.1. The number of fused-ring (bicyclic) bond motifs is 1. The third-order valence-corrected chi connectivity index (χ3v) is 2.54. The Kier molecular flexibility index (Phi) is 2.69. The van der Waals surface area contributed by atoms with Crippen LogP contribution in [-0.4, -0.2) is 16.9 Å². The Morgan fingerprint density at radius 1 is 1.31 bits per heavy atom. The molecular formula is C13H16N2O. The second-order valence-electron chi connectivity index (χ2n) is 4.30. The van der Waals surface area contributed by atoms with Crippen molar-refractivity contribution in [3.63, 3.8) is 0 Å². The predicted molar refractivity (Wildman–Crippen MR) is 65.6 cm³/mol. The molecule has 0 aliphatic carbocycles. The molecule has 0 atom stereocenters. The number of amides is 1. The summed E-state index contributed by atoms with van der Waals surface area (Å²) in [7, 11) is 0. The molecule has 0 saturated carbocycles. The summed E-state index contributed by atoms with van der Waals surface area (Å²) in [6.45, 7) is 5.85. The summed E-state index contributed by atoms with van der Waals surface area (Å²) in [5, 5.41) is 3.90. The average molecular weight is 216 g/mol. The van der Waals surface area contributed by atoms with Crippen LogP contribution in [0.2, 0.25) is 0 Å². The summed E-state index contributed by atoms with van der Waals surface area (Å²) < 4.78 is 0. The fraction of sp³-hybridized carbons (Fsp3) is 0.308. The summed E-state index contributed by atoms with van der Waals surface area (Å²) in [4.78, 5) is 15.2. The van der Waals surface area contributed by atoms with Crippen LogP contribution in [-0.2, 0) is 0 Å². The van der Waals surface area contributed by atoms with Gasteiger partial charge in [0.2, 0.25) is 0 Å². The van der Waals surface area contributed by atoms with E-state index in [1.165, 1.54) is 0 Å². The number of rotatable bonds is 2. The van der Waals surface area contributed by atoms with E-state index in [2.05, 4.69) is 10.3 Å². The number of aromatic nitrogens is 1. The maximum atomic E-state index is 12.0. The highest BCUT2D eigenvalue weighted by Crippen LogP contribution is 2.21. The van der Waals surface area contributed by atoms with Crippen molar-refractivity contribution in [3.05, 3.63) is 35.5 Å². The number of hydrogen-bond donors (Lipinski definition) is 2. The van der Waals surface area contributed by atoms with Crippen LogP contribution >= 0.6 is 0 Å². The molecule has 0 saturated heterocycles. The molecule has 2 aromatic rings. The van der Waals surface area contributed by atoms with Gasteiger partial charge < -0.3 is 10.3 Å². The van der Waals surface area contributed by atoms with E-state index in [1.807, 2.05) is 45.0 Å². The first-order valence-corrected chi connectivity index (χ1v) is 5.47. The van der Waals surface area contributed by atoms with Crippen molar-refractivity contribution in [2.45, 2.75) is 26.8 Å². The summed E-state index contributed by atoms with van der Waals surface area (Å²) in [5.74, 6) is -0.00931. The van der Waals surface area contributed by atoms with Gasteiger partial charge in [-0.15, -0.1) is 0 Å². The fourth-order valence-corrected chi connectivity index (χ4v) is 1.90. The molecule has 16 heavy (non-hydrogen) atoms. The van der Waals surface area contributed by atoms with Gasteiger partial charge in [0.1, 0.15) is 0 Å². The van der Waals surface area contributed by atoms with E-state index in [4.69, 9.17) is 0 Å². The van der Waals surface area contributed by atoms with Gasteiger partial charge in [0.15, 0.2) is 0 Å². The van der Waals surface area contributed by atoms with Gasteiger partial charge in [-0.2, -0.15) is 0 Å². The molecule has 0 unspecified atom stereocenters. The van der Waals surface area contributed by atoms with E-state index in [1.54, 1.807) is 0 Å². The van der Waals surface area contributed by atoms with E-state index in [0.717, 1.165) is 22.2 Å². The average Bonchev–Trinajstić information content (AvgIpc) is 2.52. The lowest BCUT2D eigenvalue weighted by Crippen LogP contribution is -2.30. The third kappa shape index (κ3) is 1.81. The van der Waals surface area contributed by atoms with Crippen molar-refractivity contribution in [1.82, 2.24) is 10.3 Å². The Bertz CT molecular complexity index is 526. The number of nitrogens with one attached hydrogen (secondary N) is 2. The van der Waals surface area contributed by atoms with Gasteiger partial charge >= 0.3 is 0 Å². The van der Waals surface area contributed by atoms with Crippen molar-refractivity contribution in [1.29, 1.82) is 0 Å². The van der Waals surface area contributed by atoms with Crippen LogP contribution in [0.25, 0.3) is 10.9 Å². The van der Waals surface area contributed by atoms with Crippen molar-refractivity contribution in [2.75, 3.05) is 0 Å². The monoisotopic (exact) mass is 216 g/mol. The highest BCUT2D eigenvalue weighted by Gasteiger charge is 2.15. The maximum Gasteiger partial charge on any atom is 0.253 e. The van der Waals surface area contributed by atoms with Gasteiger partial charge in [-0.05, 0) is 26.8 Å². The Hall–Kier alpha value is -1.77. The SMILES string of the molecule is Cc1[nH]c2ccccc2c1C(=O)NC(C)C. The number of hydrogen-bond acceptors (Lipinski definition) is 1. The molecule has 0 fully saturated rings. The van der Waals surface area contributed by atoms with Crippen LogP contribution in [0.3, 0.4) is 0 Å². The molecule has 1 aromatic heterocycles. The van der Waals surface area contributed by atoms with Crippen molar-refractivity contribution in [3.8, 4) is 0 Å². The molecule has 1 amide bonds. The van der Waals surface area contributed by atoms with Crippen LogP contribution < -0.4 is 5.32 Å². The predicted octanol–water partition coefficient (Wildman–Crippen LogP) is 2.61. The molecular weight excluding hydrogens is 200 g/mol. The molecule has 0 aliphatic rings. The molecule has 0 spiro atoms. The molecule has 0 radical (unpaired) electrons. The van der Waals surface area contributed by atoms with Crippen LogP contribution in [0.4, 0.5) is 0 Å². The van der Waals surface area contributed by atoms with Gasteiger partial charge in [0, 0.05) is 22.6 Å². The third-order valence-electron chi connectivity index (χ3n) is 2.54. The second kappa shape index (κ2) is 4.00. The zero-order chi connectivity index (χ0) is 11.7. The lowest BCUT2D eigenvalue weighted by molar-refractivity contribution is 0.0944. The highest BCUT2D eigenvalue weighted by atomic mass is 16.1. The number of para-hydroxylation sites is 1. The van der Waals surface area contributed by atoms with E-state index in [9.17, 15) is 4.79 Å². The summed E-state index contributed by atoms with van der Waals surface area (Å²) in [5.41, 5.74) is 2.68. The number of aryl methyl sites for hydroxylation is 1. The topological polar surface area (TPSA) is 44.9 Å². The molecule has 2 N–H and O–H groups in total. The summed E-state index contributed by atoms with van der Waals surface area (Å²) in [6.07, 6.45) is 0. The normalized spacial score (nSPS) is 11.0. The summed E-state index contributed by atoms with van der Waals surface area (Å²) in [6, 6.07) is 8.01. The number of carbonyl (C=O) groups excluding carboxylic acids is 1. The Morgan fingerprint density at radius 2 is 2.00 bits per heavy atom. The quantitative estimate of drug-likeness (QED) is 0.796. The molecule has 2 rings (SSSR count). The lowest BCUT2D eigenvalue weighted by Gasteiger charge is -2.08. The second-order valence-corrected chi connectivity index (χ2v) is 4.30. The highest BCUT2D eigenvalue weighted by molar-refractivity contribution is 6.08. The Labute approximate surface area is 94.9 Å². The van der Waals surface area contributed by atoms with Gasteiger partial charge in [-0.3, -0.25) is 4.79 Å². The zero-order valence-electron chi connectivity index (χ0n) is 9.79. The van der Waals surface area contributed by atoms with Crippen molar-refractivity contribution in [2.24, 2.45) is 0 Å². The fourth-order valence-electron chi connectivity index (χ4n) is 1.90. The molecule has 3 heteroatoms. The first-order valence-electron chi connectivity index (χ1n) is 5.47. The Balaban J connectivity index is 2.51. The maximum absolute atomic E-state index is 12.0. The minimum atomic E-state index is -0.00931. The first-order chi connectivity index (χ1) is 7.59. The molecule has 84 valence electrons. The molecule has 3 nitrogen and oxygen atoms in total. The van der Waals surface area contributed by atoms with E-state index < -0.39 is 0 Å². The molecule has 1 heterocycles. The van der Waals surface area contributed by atoms with E-state index in [-0.39, 0.29) is 11.9 Å². The minimum absolute atomic E-state index is 0.00931. The first kappa shape index (κ1) is 10.7. The number of carbonyl (C=O) groups is 1. The van der Waals surface area contributed by atoms with Gasteiger partial charge in [0.05, 0.1) is 5.56 Å². The molecule has 0 aliphatic heterocycles. The number of H-pyrrole nitrogens is 1. The number of aromatic amines is 1. The van der Waals surface area contributed by atoms with Gasteiger partial charge in [-0.25, -0.2) is 0 Å². The molecule has 1 aromatic carbocycles. The Morgan fingerprint density at radius 3 is 2.69 bits per heavy atom. The van der Waals surface area contributed by atoms with Crippen LogP contribution in [0.5, 0.6) is 0 Å². The standard InChI is InChI=1S/C13H16N2O/c1-8(2)14-13(16)12-9(3)15-11-7-5-4-6-10(11)12/h4-8,15H,1-3H3,(H,14,16). The van der Waals surface area contributed by atoms with Crippen LogP contribution in [0.1, 0.15) is 29.9 Å². The zero-order valence-corrected chi connectivity index (χ0v) is 9.79. The van der Waals surface area contributed by atoms with Crippen molar-refractivity contribution < 1.29 is 4.79 Å². The smallest absolute Gasteiger partial charge is 0.253 e. The van der Waals surface area contributed by atoms with E-state index in [0.29, 0.717) is 0 Å². The van der Waals surface area contributed by atoms with Gasteiger partial charge in [0.25, 0.3) is 5.91 Å². The minimum Gasteiger partial charge on any atom is -0.358 e. The number of benzene rings is 1.